The van der Waals surface area contributed by atoms with Gasteiger partial charge in [0.15, 0.2) is 0 Å². The van der Waals surface area contributed by atoms with Crippen LogP contribution in [0.1, 0.15) is 179 Å². The molecular weight excluding hydrogens is 488 g/mol. The van der Waals surface area contributed by atoms with Gasteiger partial charge in [0.05, 0.1) is 4.90 Å². The number of hydrogen-bond donors (Lipinski definition) is 1. The van der Waals surface area contributed by atoms with Gasteiger partial charge >= 0.3 is 0 Å². The van der Waals surface area contributed by atoms with Crippen molar-refractivity contribution in [1.29, 1.82) is 0 Å². The summed E-state index contributed by atoms with van der Waals surface area (Å²) in [6.07, 6.45) is 37.2. The molecule has 0 heterocycles. The van der Waals surface area contributed by atoms with Gasteiger partial charge < -0.3 is 0 Å². The lowest BCUT2D eigenvalue weighted by molar-refractivity contribution is 0.483. The van der Waals surface area contributed by atoms with E-state index >= 15 is 0 Å². The van der Waals surface area contributed by atoms with Gasteiger partial charge in [0, 0.05) is 0 Å². The van der Waals surface area contributed by atoms with Crippen LogP contribution in [0, 0.1) is 0 Å². The van der Waals surface area contributed by atoms with Gasteiger partial charge in [0.25, 0.3) is 10.1 Å². The third-order valence-corrected chi connectivity index (χ3v) is 8.86. The second-order valence-corrected chi connectivity index (χ2v) is 13.1. The SMILES string of the molecule is CCCCCCCCCCCCCCCCCCCCCCCCCCCCc1cccc(S(=O)(=O)O)c1. The Hall–Kier alpha value is -0.870. The Balaban J connectivity index is 1.73. The minimum Gasteiger partial charge on any atom is -0.282 e. The maximum absolute atomic E-state index is 11.2. The summed E-state index contributed by atoms with van der Waals surface area (Å²) in [5.74, 6) is 0. The van der Waals surface area contributed by atoms with Crippen molar-refractivity contribution in [2.75, 3.05) is 0 Å². The molecule has 0 aliphatic carbocycles. The van der Waals surface area contributed by atoms with E-state index < -0.39 is 10.1 Å². The van der Waals surface area contributed by atoms with Gasteiger partial charge in [-0.15, -0.1) is 0 Å². The van der Waals surface area contributed by atoms with Crippen LogP contribution < -0.4 is 0 Å². The number of unbranched alkanes of at least 4 members (excludes halogenated alkanes) is 25. The molecule has 0 amide bonds. The summed E-state index contributed by atoms with van der Waals surface area (Å²) in [6, 6.07) is 6.68. The van der Waals surface area contributed by atoms with Crippen LogP contribution in [-0.2, 0) is 16.5 Å². The van der Waals surface area contributed by atoms with Crippen molar-refractivity contribution in [3.63, 3.8) is 0 Å². The number of aryl methyl sites for hydroxylation is 1. The summed E-state index contributed by atoms with van der Waals surface area (Å²) in [4.78, 5) is 0.00446. The minimum absolute atomic E-state index is 0.00446. The molecule has 0 unspecified atom stereocenters. The Morgan fingerprint density at radius 1 is 0.500 bits per heavy atom. The van der Waals surface area contributed by atoms with Gasteiger partial charge in [-0.2, -0.15) is 8.42 Å². The first kappa shape index (κ1) is 35.2. The fourth-order valence-corrected chi connectivity index (χ4v) is 6.06. The highest BCUT2D eigenvalue weighted by molar-refractivity contribution is 7.85. The maximum Gasteiger partial charge on any atom is 0.294 e. The van der Waals surface area contributed by atoms with E-state index in [0.717, 1.165) is 18.4 Å². The molecule has 0 aliphatic heterocycles. The van der Waals surface area contributed by atoms with Gasteiger partial charge in [0.1, 0.15) is 0 Å². The Morgan fingerprint density at radius 2 is 0.816 bits per heavy atom. The Kier molecular flexibility index (Phi) is 23.2. The molecule has 0 aromatic heterocycles. The quantitative estimate of drug-likeness (QED) is 0.0833. The predicted molar refractivity (Wildman–Crippen MR) is 166 cm³/mol. The first-order valence-electron chi connectivity index (χ1n) is 16.6. The normalized spacial score (nSPS) is 11.8. The molecule has 4 heteroatoms. The standard InChI is InChI=1S/C34H62O3S/c1-2-3-4-5-6-7-8-9-10-11-12-13-14-15-16-17-18-19-20-21-22-23-24-25-26-27-29-33-30-28-31-34(32-33)38(35,36)37/h28,30-32H,2-27,29H2,1H3,(H,35,36,37). The number of benzene rings is 1. The molecule has 1 rings (SSSR count). The second kappa shape index (κ2) is 25.1. The molecule has 3 nitrogen and oxygen atoms in total. The van der Waals surface area contributed by atoms with Gasteiger partial charge in [-0.3, -0.25) is 4.55 Å². The van der Waals surface area contributed by atoms with Crippen LogP contribution in [0.2, 0.25) is 0 Å². The summed E-state index contributed by atoms with van der Waals surface area (Å²) in [5, 5.41) is 0. The lowest BCUT2D eigenvalue weighted by Gasteiger charge is -2.05. The molecule has 0 saturated carbocycles. The first-order valence-corrected chi connectivity index (χ1v) is 18.0. The van der Waals surface area contributed by atoms with Crippen molar-refractivity contribution >= 4 is 10.1 Å². The molecule has 1 N–H and O–H groups in total. The molecule has 1 aromatic carbocycles. The molecule has 1 aromatic rings. The molecule has 0 fully saturated rings. The first-order chi connectivity index (χ1) is 18.5. The molecule has 38 heavy (non-hydrogen) atoms. The van der Waals surface area contributed by atoms with Crippen LogP contribution >= 0.6 is 0 Å². The lowest BCUT2D eigenvalue weighted by atomic mass is 10.0. The van der Waals surface area contributed by atoms with Gasteiger partial charge in [0.2, 0.25) is 0 Å². The summed E-state index contributed by atoms with van der Waals surface area (Å²) < 4.78 is 31.6. The van der Waals surface area contributed by atoms with Crippen molar-refractivity contribution in [3.8, 4) is 0 Å². The van der Waals surface area contributed by atoms with E-state index in [1.807, 2.05) is 6.07 Å². The Morgan fingerprint density at radius 3 is 1.13 bits per heavy atom. The smallest absolute Gasteiger partial charge is 0.282 e. The van der Waals surface area contributed by atoms with Gasteiger partial charge in [-0.1, -0.05) is 180 Å². The Labute approximate surface area is 237 Å². The molecule has 0 saturated heterocycles. The van der Waals surface area contributed by atoms with E-state index in [1.54, 1.807) is 12.1 Å². The maximum atomic E-state index is 11.2. The van der Waals surface area contributed by atoms with Crippen LogP contribution in [0.15, 0.2) is 29.2 Å². The fourth-order valence-electron chi connectivity index (χ4n) is 5.51. The van der Waals surface area contributed by atoms with E-state index in [1.165, 1.54) is 167 Å². The number of rotatable bonds is 28. The number of hydrogen-bond acceptors (Lipinski definition) is 2. The monoisotopic (exact) mass is 550 g/mol. The van der Waals surface area contributed by atoms with E-state index in [0.29, 0.717) is 0 Å². The molecule has 222 valence electrons. The van der Waals surface area contributed by atoms with Crippen LogP contribution in [0.5, 0.6) is 0 Å². The Bertz CT molecular complexity index is 744. The van der Waals surface area contributed by atoms with Crippen molar-refractivity contribution in [2.24, 2.45) is 0 Å². The summed E-state index contributed by atoms with van der Waals surface area (Å²) in [5.41, 5.74) is 0.990. The lowest BCUT2D eigenvalue weighted by Crippen LogP contribution is -1.98. The highest BCUT2D eigenvalue weighted by Gasteiger charge is 2.09. The minimum atomic E-state index is -4.09. The van der Waals surface area contributed by atoms with Crippen LogP contribution in [0.3, 0.4) is 0 Å². The van der Waals surface area contributed by atoms with Crippen molar-refractivity contribution in [3.05, 3.63) is 29.8 Å². The molecule has 0 atom stereocenters. The van der Waals surface area contributed by atoms with E-state index in [4.69, 9.17) is 4.55 Å². The van der Waals surface area contributed by atoms with Gasteiger partial charge in [-0.25, -0.2) is 0 Å². The van der Waals surface area contributed by atoms with E-state index in [-0.39, 0.29) is 4.90 Å². The average molecular weight is 551 g/mol. The van der Waals surface area contributed by atoms with E-state index in [2.05, 4.69) is 6.92 Å². The molecule has 0 spiro atoms. The molecule has 0 bridgehead atoms. The van der Waals surface area contributed by atoms with Gasteiger partial charge in [-0.05, 0) is 30.5 Å². The van der Waals surface area contributed by atoms with Crippen molar-refractivity contribution in [1.82, 2.24) is 0 Å². The third kappa shape index (κ3) is 22.0. The molecular formula is C34H62O3S. The zero-order valence-corrected chi connectivity index (χ0v) is 25.9. The topological polar surface area (TPSA) is 54.4 Å². The van der Waals surface area contributed by atoms with E-state index in [9.17, 15) is 8.42 Å². The van der Waals surface area contributed by atoms with Crippen LogP contribution in [0.4, 0.5) is 0 Å². The summed E-state index contributed by atoms with van der Waals surface area (Å²) in [7, 11) is -4.09. The molecule has 0 aliphatic rings. The summed E-state index contributed by atoms with van der Waals surface area (Å²) >= 11 is 0. The van der Waals surface area contributed by atoms with Crippen molar-refractivity contribution < 1.29 is 13.0 Å². The second-order valence-electron chi connectivity index (χ2n) is 11.7. The predicted octanol–water partition coefficient (Wildman–Crippen LogP) is 11.6. The van der Waals surface area contributed by atoms with Crippen LogP contribution in [-0.4, -0.2) is 13.0 Å². The zero-order valence-electron chi connectivity index (χ0n) is 25.1. The summed E-state index contributed by atoms with van der Waals surface area (Å²) in [6.45, 7) is 2.29. The largest absolute Gasteiger partial charge is 0.294 e. The highest BCUT2D eigenvalue weighted by atomic mass is 32.2. The molecule has 0 radical (unpaired) electrons. The average Bonchev–Trinajstić information content (AvgIpc) is 2.90. The third-order valence-electron chi connectivity index (χ3n) is 8.02. The highest BCUT2D eigenvalue weighted by Crippen LogP contribution is 2.17. The fraction of sp³-hybridized carbons (Fsp3) is 0.824. The van der Waals surface area contributed by atoms with Crippen molar-refractivity contribution in [2.45, 2.75) is 185 Å². The zero-order chi connectivity index (χ0) is 27.6. The van der Waals surface area contributed by atoms with Crippen LogP contribution in [0.25, 0.3) is 0 Å².